The number of benzene rings is 1. The van der Waals surface area contributed by atoms with E-state index in [-0.39, 0.29) is 0 Å². The summed E-state index contributed by atoms with van der Waals surface area (Å²) in [5.41, 5.74) is 11.0. The Bertz CT molecular complexity index is 354. The van der Waals surface area contributed by atoms with Crippen molar-refractivity contribution in [1.29, 1.82) is 0 Å². The molecular weight excluding hydrogens is 213 g/mol. The van der Waals surface area contributed by atoms with E-state index in [0.717, 1.165) is 0 Å². The molecule has 0 saturated heterocycles. The zero-order valence-electron chi connectivity index (χ0n) is 6.47. The summed E-state index contributed by atoms with van der Waals surface area (Å²) in [5, 5.41) is 2.91. The predicted molar refractivity (Wildman–Crippen MR) is 54.1 cm³/mol. The normalized spacial score (nSPS) is 9.69. The van der Waals surface area contributed by atoms with Crippen molar-refractivity contribution in [2.24, 2.45) is 5.73 Å². The number of rotatable bonds is 1. The van der Waals surface area contributed by atoms with Crippen LogP contribution in [0.1, 0.15) is 0 Å². The molecule has 1 rings (SSSR count). The summed E-state index contributed by atoms with van der Waals surface area (Å²) in [5.74, 6) is 0. The van der Waals surface area contributed by atoms with E-state index in [1.54, 1.807) is 0 Å². The molecule has 0 radical (unpaired) electrons. The van der Waals surface area contributed by atoms with Crippen molar-refractivity contribution in [3.8, 4) is 0 Å². The summed E-state index contributed by atoms with van der Waals surface area (Å²) in [6.45, 7) is 0. The largest absolute Gasteiger partial charge is 0.397 e. The maximum absolute atomic E-state index is 10.5. The van der Waals surface area contributed by atoms with Gasteiger partial charge in [0.1, 0.15) is 0 Å². The van der Waals surface area contributed by atoms with Crippen molar-refractivity contribution in [3.05, 3.63) is 22.2 Å². The van der Waals surface area contributed by atoms with Crippen LogP contribution in [0.5, 0.6) is 0 Å². The third kappa shape index (κ3) is 2.40. The van der Waals surface area contributed by atoms with Gasteiger partial charge >= 0.3 is 6.03 Å². The molecule has 2 amide bonds. The molecule has 70 valence electrons. The maximum atomic E-state index is 10.5. The first-order valence-electron chi connectivity index (χ1n) is 3.31. The third-order valence-electron chi connectivity index (χ3n) is 1.34. The van der Waals surface area contributed by atoms with Crippen molar-refractivity contribution >= 4 is 40.6 Å². The second-order valence-electron chi connectivity index (χ2n) is 2.34. The van der Waals surface area contributed by atoms with Gasteiger partial charge in [-0.2, -0.15) is 0 Å². The van der Waals surface area contributed by atoms with E-state index in [1.807, 2.05) is 0 Å². The lowest BCUT2D eigenvalue weighted by atomic mass is 10.3. The SMILES string of the molecule is NC(=O)Nc1cc(Cl)c(N)cc1Cl. The lowest BCUT2D eigenvalue weighted by Crippen LogP contribution is -2.19. The van der Waals surface area contributed by atoms with Gasteiger partial charge in [-0.15, -0.1) is 0 Å². The Balaban J connectivity index is 3.08. The highest BCUT2D eigenvalue weighted by Crippen LogP contribution is 2.30. The highest BCUT2D eigenvalue weighted by atomic mass is 35.5. The van der Waals surface area contributed by atoms with Crippen molar-refractivity contribution in [3.63, 3.8) is 0 Å². The molecule has 0 aliphatic rings. The standard InChI is InChI=1S/C7H7Cl2N3O/c8-3-2-6(12-7(11)13)4(9)1-5(3)10/h1-2H,10H2,(H3,11,12,13). The predicted octanol–water partition coefficient (Wildman–Crippen LogP) is 2.07. The Hall–Kier alpha value is -1.13. The zero-order chi connectivity index (χ0) is 10.0. The van der Waals surface area contributed by atoms with Crippen LogP contribution in [0.15, 0.2) is 12.1 Å². The maximum Gasteiger partial charge on any atom is 0.316 e. The minimum atomic E-state index is -0.706. The van der Waals surface area contributed by atoms with Gasteiger partial charge in [-0.05, 0) is 12.1 Å². The van der Waals surface area contributed by atoms with Gasteiger partial charge in [0.15, 0.2) is 0 Å². The van der Waals surface area contributed by atoms with Crippen molar-refractivity contribution in [2.75, 3.05) is 11.1 Å². The number of nitrogen functional groups attached to an aromatic ring is 1. The molecule has 0 unspecified atom stereocenters. The van der Waals surface area contributed by atoms with Gasteiger partial charge in [0, 0.05) is 0 Å². The molecule has 0 saturated carbocycles. The second kappa shape index (κ2) is 3.72. The van der Waals surface area contributed by atoms with Crippen LogP contribution in [0.25, 0.3) is 0 Å². The molecule has 0 aromatic heterocycles. The van der Waals surface area contributed by atoms with Gasteiger partial charge in [-0.25, -0.2) is 4.79 Å². The first kappa shape index (κ1) is 9.95. The number of nitrogens with one attached hydrogen (secondary N) is 1. The van der Waals surface area contributed by atoms with E-state index < -0.39 is 6.03 Å². The first-order valence-corrected chi connectivity index (χ1v) is 4.07. The summed E-state index contributed by atoms with van der Waals surface area (Å²) in [6.07, 6.45) is 0. The molecule has 6 heteroatoms. The van der Waals surface area contributed by atoms with Crippen molar-refractivity contribution in [1.82, 2.24) is 0 Å². The van der Waals surface area contributed by atoms with Crippen LogP contribution in [0.2, 0.25) is 10.0 Å². The fraction of sp³-hybridized carbons (Fsp3) is 0. The summed E-state index contributed by atoms with van der Waals surface area (Å²) >= 11 is 11.4. The molecule has 0 heterocycles. The van der Waals surface area contributed by atoms with Gasteiger partial charge in [-0.1, -0.05) is 23.2 Å². The number of hydrogen-bond acceptors (Lipinski definition) is 2. The second-order valence-corrected chi connectivity index (χ2v) is 3.16. The lowest BCUT2D eigenvalue weighted by molar-refractivity contribution is 0.259. The van der Waals surface area contributed by atoms with E-state index in [2.05, 4.69) is 5.32 Å². The smallest absolute Gasteiger partial charge is 0.316 e. The van der Waals surface area contributed by atoms with Gasteiger partial charge in [-0.3, -0.25) is 0 Å². The van der Waals surface area contributed by atoms with Gasteiger partial charge in [0.2, 0.25) is 0 Å². The Morgan fingerprint density at radius 1 is 1.31 bits per heavy atom. The molecule has 0 atom stereocenters. The number of urea groups is 1. The molecule has 0 aliphatic carbocycles. The van der Waals surface area contributed by atoms with Crippen LogP contribution in [0.3, 0.4) is 0 Å². The highest BCUT2D eigenvalue weighted by Gasteiger charge is 2.06. The summed E-state index contributed by atoms with van der Waals surface area (Å²) in [6, 6.07) is 2.17. The summed E-state index contributed by atoms with van der Waals surface area (Å²) in [7, 11) is 0. The van der Waals surface area contributed by atoms with E-state index in [9.17, 15) is 4.79 Å². The molecule has 1 aromatic rings. The van der Waals surface area contributed by atoms with E-state index in [0.29, 0.717) is 21.4 Å². The number of anilines is 2. The summed E-state index contributed by atoms with van der Waals surface area (Å²) in [4.78, 5) is 10.5. The van der Waals surface area contributed by atoms with Crippen molar-refractivity contribution in [2.45, 2.75) is 0 Å². The van der Waals surface area contributed by atoms with E-state index >= 15 is 0 Å². The average Bonchev–Trinajstić information content (AvgIpc) is 1.99. The van der Waals surface area contributed by atoms with E-state index in [1.165, 1.54) is 12.1 Å². The number of nitrogens with two attached hydrogens (primary N) is 2. The molecule has 4 nitrogen and oxygen atoms in total. The van der Waals surface area contributed by atoms with E-state index in [4.69, 9.17) is 34.7 Å². The Morgan fingerprint density at radius 2 is 1.92 bits per heavy atom. The molecule has 0 fully saturated rings. The van der Waals surface area contributed by atoms with Crippen LogP contribution in [0.4, 0.5) is 16.2 Å². The van der Waals surface area contributed by atoms with Gasteiger partial charge in [0.25, 0.3) is 0 Å². The molecule has 0 spiro atoms. The van der Waals surface area contributed by atoms with Gasteiger partial charge < -0.3 is 16.8 Å². The lowest BCUT2D eigenvalue weighted by Gasteiger charge is -2.06. The topological polar surface area (TPSA) is 81.1 Å². The quantitative estimate of drug-likeness (QED) is 0.633. The number of amides is 2. The van der Waals surface area contributed by atoms with Crippen LogP contribution in [0, 0.1) is 0 Å². The fourth-order valence-corrected chi connectivity index (χ4v) is 1.17. The van der Waals surface area contributed by atoms with Crippen molar-refractivity contribution < 1.29 is 4.79 Å². The number of hydrogen-bond donors (Lipinski definition) is 3. The number of carbonyl (C=O) groups excluding carboxylic acids is 1. The van der Waals surface area contributed by atoms with Crippen LogP contribution in [-0.4, -0.2) is 6.03 Å². The third-order valence-corrected chi connectivity index (χ3v) is 1.98. The van der Waals surface area contributed by atoms with Crippen LogP contribution in [-0.2, 0) is 0 Å². The minimum Gasteiger partial charge on any atom is -0.397 e. The molecule has 13 heavy (non-hydrogen) atoms. The minimum absolute atomic E-state index is 0.292. The zero-order valence-corrected chi connectivity index (χ0v) is 7.99. The Labute approximate surface area is 84.8 Å². The highest BCUT2D eigenvalue weighted by molar-refractivity contribution is 6.37. The Kier molecular flexibility index (Phi) is 2.85. The number of carbonyl (C=O) groups is 1. The molecule has 5 N–H and O–H groups in total. The van der Waals surface area contributed by atoms with Crippen LogP contribution < -0.4 is 16.8 Å². The fourth-order valence-electron chi connectivity index (χ4n) is 0.791. The van der Waals surface area contributed by atoms with Crippen LogP contribution >= 0.6 is 23.2 Å². The molecule has 1 aromatic carbocycles. The first-order chi connectivity index (χ1) is 6.00. The number of halogens is 2. The number of primary amides is 1. The summed E-state index contributed by atoms with van der Waals surface area (Å²) < 4.78 is 0. The Morgan fingerprint density at radius 3 is 2.46 bits per heavy atom. The molecule has 0 aliphatic heterocycles. The van der Waals surface area contributed by atoms with Gasteiger partial charge in [0.05, 0.1) is 21.4 Å². The average molecular weight is 220 g/mol. The monoisotopic (exact) mass is 219 g/mol. The molecule has 0 bridgehead atoms. The molecular formula is C7H7Cl2N3O.